The lowest BCUT2D eigenvalue weighted by atomic mass is 9.94. The standard InChI is InChI=1S/C22H33N5O3S/c1-6-16(4)20-24-21(26-25-20)17(5)23-22(28)18-8-7-9-19(11-18)31(29,30)27-12-14(2)10-15(3)13-27/h7-9,11,14-17H,6,10,12-13H2,1-5H3,(H,23,28)(H,24,25,26). The molecule has 9 heteroatoms. The van der Waals surface area contributed by atoms with Crippen LogP contribution in [0.15, 0.2) is 29.2 Å². The van der Waals surface area contributed by atoms with Crippen LogP contribution in [-0.4, -0.2) is 46.9 Å². The fourth-order valence-electron chi connectivity index (χ4n) is 3.98. The van der Waals surface area contributed by atoms with Crippen LogP contribution in [0.2, 0.25) is 0 Å². The second-order valence-corrected chi connectivity index (χ2v) is 10.8. The summed E-state index contributed by atoms with van der Waals surface area (Å²) in [6, 6.07) is 5.84. The molecule has 4 atom stereocenters. The Kier molecular flexibility index (Phi) is 7.16. The molecule has 1 aromatic carbocycles. The van der Waals surface area contributed by atoms with Gasteiger partial charge in [-0.05, 0) is 49.8 Å². The molecule has 1 aliphatic rings. The summed E-state index contributed by atoms with van der Waals surface area (Å²) in [7, 11) is -3.65. The van der Waals surface area contributed by atoms with Gasteiger partial charge in [-0.25, -0.2) is 13.4 Å². The minimum atomic E-state index is -3.65. The maximum Gasteiger partial charge on any atom is 0.251 e. The second kappa shape index (κ2) is 9.48. The number of nitrogens with zero attached hydrogens (tertiary/aromatic N) is 3. The van der Waals surface area contributed by atoms with E-state index in [1.807, 2.05) is 13.8 Å². The average molecular weight is 448 g/mol. The van der Waals surface area contributed by atoms with Crippen LogP contribution in [-0.2, 0) is 10.0 Å². The van der Waals surface area contributed by atoms with Crippen LogP contribution >= 0.6 is 0 Å². The quantitative estimate of drug-likeness (QED) is 0.676. The zero-order chi connectivity index (χ0) is 22.8. The summed E-state index contributed by atoms with van der Waals surface area (Å²) < 4.78 is 27.9. The van der Waals surface area contributed by atoms with Gasteiger partial charge in [0, 0.05) is 24.6 Å². The predicted octanol–water partition coefficient (Wildman–Crippen LogP) is 3.48. The third-order valence-electron chi connectivity index (χ3n) is 5.90. The summed E-state index contributed by atoms with van der Waals surface area (Å²) in [6.07, 6.45) is 1.95. The molecule has 1 saturated heterocycles. The number of carbonyl (C=O) groups excluding carboxylic acids is 1. The first kappa shape index (κ1) is 23.4. The fourth-order valence-corrected chi connectivity index (χ4v) is 5.71. The molecule has 2 aromatic rings. The Morgan fingerprint density at radius 3 is 2.58 bits per heavy atom. The lowest BCUT2D eigenvalue weighted by Gasteiger charge is -2.34. The predicted molar refractivity (Wildman–Crippen MR) is 119 cm³/mol. The third-order valence-corrected chi connectivity index (χ3v) is 7.73. The van der Waals surface area contributed by atoms with Gasteiger partial charge in [0.15, 0.2) is 5.82 Å². The van der Waals surface area contributed by atoms with E-state index in [0.29, 0.717) is 36.3 Å². The zero-order valence-corrected chi connectivity index (χ0v) is 19.7. The van der Waals surface area contributed by atoms with E-state index in [2.05, 4.69) is 41.3 Å². The molecule has 0 spiro atoms. The van der Waals surface area contributed by atoms with E-state index in [1.165, 1.54) is 10.4 Å². The minimum absolute atomic E-state index is 0.146. The molecule has 1 aromatic heterocycles. The van der Waals surface area contributed by atoms with Crippen LogP contribution in [0.3, 0.4) is 0 Å². The maximum absolute atomic E-state index is 13.2. The summed E-state index contributed by atoms with van der Waals surface area (Å²) in [4.78, 5) is 17.4. The molecule has 1 amide bonds. The van der Waals surface area contributed by atoms with E-state index in [1.54, 1.807) is 18.2 Å². The van der Waals surface area contributed by atoms with Crippen LogP contribution < -0.4 is 5.32 Å². The van der Waals surface area contributed by atoms with Crippen molar-refractivity contribution >= 4 is 15.9 Å². The van der Waals surface area contributed by atoms with Gasteiger partial charge in [0.2, 0.25) is 10.0 Å². The summed E-state index contributed by atoms with van der Waals surface area (Å²) in [5.41, 5.74) is 0.299. The smallest absolute Gasteiger partial charge is 0.251 e. The molecule has 2 N–H and O–H groups in total. The Labute approximate surface area is 184 Å². The number of rotatable bonds is 7. The van der Waals surface area contributed by atoms with Crippen LogP contribution in [0.4, 0.5) is 0 Å². The Morgan fingerprint density at radius 1 is 1.26 bits per heavy atom. The number of aromatic nitrogens is 3. The molecular weight excluding hydrogens is 414 g/mol. The molecule has 4 unspecified atom stereocenters. The lowest BCUT2D eigenvalue weighted by Crippen LogP contribution is -2.42. The van der Waals surface area contributed by atoms with Gasteiger partial charge in [0.25, 0.3) is 5.91 Å². The van der Waals surface area contributed by atoms with E-state index in [-0.39, 0.29) is 22.8 Å². The number of H-pyrrole nitrogens is 1. The zero-order valence-electron chi connectivity index (χ0n) is 18.9. The number of carbonyl (C=O) groups is 1. The molecule has 1 fully saturated rings. The monoisotopic (exact) mass is 447 g/mol. The van der Waals surface area contributed by atoms with Crippen LogP contribution in [0.5, 0.6) is 0 Å². The molecule has 0 saturated carbocycles. The number of hydrogen-bond acceptors (Lipinski definition) is 5. The number of nitrogens with one attached hydrogen (secondary N) is 2. The lowest BCUT2D eigenvalue weighted by molar-refractivity contribution is 0.0938. The van der Waals surface area contributed by atoms with Gasteiger partial charge in [-0.1, -0.05) is 33.8 Å². The molecule has 170 valence electrons. The first-order chi connectivity index (χ1) is 14.6. The maximum atomic E-state index is 13.2. The van der Waals surface area contributed by atoms with Crippen molar-refractivity contribution in [1.29, 1.82) is 0 Å². The van der Waals surface area contributed by atoms with Crippen molar-refractivity contribution in [3.05, 3.63) is 41.5 Å². The fraction of sp³-hybridized carbons (Fsp3) is 0.591. The van der Waals surface area contributed by atoms with Gasteiger partial charge in [-0.15, -0.1) is 0 Å². The summed E-state index contributed by atoms with van der Waals surface area (Å²) in [5.74, 6) is 1.79. The van der Waals surface area contributed by atoms with Crippen molar-refractivity contribution in [2.45, 2.75) is 64.3 Å². The molecule has 3 rings (SSSR count). The van der Waals surface area contributed by atoms with Crippen LogP contribution in [0, 0.1) is 11.8 Å². The van der Waals surface area contributed by atoms with Crippen LogP contribution in [0.25, 0.3) is 0 Å². The van der Waals surface area contributed by atoms with E-state index >= 15 is 0 Å². The van der Waals surface area contributed by atoms with Crippen molar-refractivity contribution < 1.29 is 13.2 Å². The van der Waals surface area contributed by atoms with E-state index < -0.39 is 10.0 Å². The van der Waals surface area contributed by atoms with Gasteiger partial charge < -0.3 is 5.32 Å². The Morgan fingerprint density at radius 2 is 1.94 bits per heavy atom. The highest BCUT2D eigenvalue weighted by Gasteiger charge is 2.32. The van der Waals surface area contributed by atoms with Gasteiger partial charge in [0.05, 0.1) is 10.9 Å². The number of aromatic amines is 1. The Hall–Kier alpha value is -2.26. The minimum Gasteiger partial charge on any atom is -0.342 e. The normalized spacial score (nSPS) is 22.1. The van der Waals surface area contributed by atoms with Crippen LogP contribution in [0.1, 0.15) is 81.4 Å². The molecule has 0 aliphatic carbocycles. The van der Waals surface area contributed by atoms with Gasteiger partial charge in [0.1, 0.15) is 5.82 Å². The Balaban J connectivity index is 1.74. The van der Waals surface area contributed by atoms with Crippen molar-refractivity contribution in [3.8, 4) is 0 Å². The largest absolute Gasteiger partial charge is 0.342 e. The number of sulfonamides is 1. The van der Waals surface area contributed by atoms with Crippen molar-refractivity contribution in [1.82, 2.24) is 24.8 Å². The highest BCUT2D eigenvalue weighted by atomic mass is 32.2. The highest BCUT2D eigenvalue weighted by Crippen LogP contribution is 2.27. The number of benzene rings is 1. The first-order valence-corrected chi connectivity index (χ1v) is 12.4. The molecule has 2 heterocycles. The molecule has 0 bridgehead atoms. The van der Waals surface area contributed by atoms with Crippen molar-refractivity contribution in [2.24, 2.45) is 11.8 Å². The number of piperidine rings is 1. The number of amides is 1. The molecule has 8 nitrogen and oxygen atoms in total. The molecule has 1 aliphatic heterocycles. The Bertz CT molecular complexity index is 1010. The highest BCUT2D eigenvalue weighted by molar-refractivity contribution is 7.89. The van der Waals surface area contributed by atoms with E-state index in [9.17, 15) is 13.2 Å². The van der Waals surface area contributed by atoms with E-state index in [0.717, 1.165) is 18.7 Å². The number of hydrogen-bond donors (Lipinski definition) is 2. The van der Waals surface area contributed by atoms with Crippen molar-refractivity contribution in [3.63, 3.8) is 0 Å². The first-order valence-electron chi connectivity index (χ1n) is 10.9. The summed E-state index contributed by atoms with van der Waals surface area (Å²) in [6.45, 7) is 11.1. The van der Waals surface area contributed by atoms with Gasteiger partial charge in [-0.2, -0.15) is 9.40 Å². The van der Waals surface area contributed by atoms with Gasteiger partial charge in [-0.3, -0.25) is 9.89 Å². The SMILES string of the molecule is CCC(C)c1n[nH]c(C(C)NC(=O)c2cccc(S(=O)(=O)N3CC(C)CC(C)C3)c2)n1. The summed E-state index contributed by atoms with van der Waals surface area (Å²) >= 11 is 0. The molecule has 31 heavy (non-hydrogen) atoms. The molecular formula is C22H33N5O3S. The van der Waals surface area contributed by atoms with E-state index in [4.69, 9.17) is 0 Å². The van der Waals surface area contributed by atoms with Crippen molar-refractivity contribution in [2.75, 3.05) is 13.1 Å². The third kappa shape index (κ3) is 5.33. The average Bonchev–Trinajstić information content (AvgIpc) is 3.23. The summed E-state index contributed by atoms with van der Waals surface area (Å²) in [5, 5.41) is 9.99. The molecule has 0 radical (unpaired) electrons. The second-order valence-electron chi connectivity index (χ2n) is 8.88. The van der Waals surface area contributed by atoms with Gasteiger partial charge >= 0.3 is 0 Å². The topological polar surface area (TPSA) is 108 Å².